The molecule has 0 aliphatic rings. The highest BCUT2D eigenvalue weighted by molar-refractivity contribution is 7.89. The van der Waals surface area contributed by atoms with Crippen molar-refractivity contribution in [2.45, 2.75) is 4.90 Å². The molecule has 28 heavy (non-hydrogen) atoms. The molecule has 2 aromatic rings. The molecule has 146 valence electrons. The van der Waals surface area contributed by atoms with Crippen LogP contribution in [0.4, 0.5) is 10.1 Å². The first-order chi connectivity index (χ1) is 13.3. The minimum absolute atomic E-state index is 0.0501. The molecule has 0 fully saturated rings. The molecule has 2 rings (SSSR count). The summed E-state index contributed by atoms with van der Waals surface area (Å²) in [6.45, 7) is 3.58. The summed E-state index contributed by atoms with van der Waals surface area (Å²) in [5.41, 5.74) is 1.17. The number of carbonyl (C=O) groups is 1. The molecule has 0 spiro atoms. The van der Waals surface area contributed by atoms with Crippen molar-refractivity contribution >= 4 is 45.0 Å². The fourth-order valence-corrected chi connectivity index (χ4v) is 3.25. The van der Waals surface area contributed by atoms with Gasteiger partial charge in [-0.15, -0.1) is 6.58 Å². The number of anilines is 1. The highest BCUT2D eigenvalue weighted by Crippen LogP contribution is 2.14. The first kappa shape index (κ1) is 21.4. The van der Waals surface area contributed by atoms with E-state index in [1.807, 2.05) is 0 Å². The highest BCUT2D eigenvalue weighted by Gasteiger charge is 2.12. The van der Waals surface area contributed by atoms with Crippen molar-refractivity contribution in [1.29, 1.82) is 0 Å². The quantitative estimate of drug-likeness (QED) is 0.365. The van der Waals surface area contributed by atoms with E-state index in [1.165, 1.54) is 66.8 Å². The van der Waals surface area contributed by atoms with Crippen LogP contribution < -0.4 is 15.4 Å². The highest BCUT2D eigenvalue weighted by atomic mass is 32.2. The van der Waals surface area contributed by atoms with E-state index in [4.69, 9.17) is 12.2 Å². The largest absolute Gasteiger partial charge is 0.332 e. The molecular formula is C19H18FN3O3S2. The van der Waals surface area contributed by atoms with Gasteiger partial charge in [-0.25, -0.2) is 17.5 Å². The zero-order valence-corrected chi connectivity index (χ0v) is 16.3. The van der Waals surface area contributed by atoms with E-state index in [-0.39, 0.29) is 22.4 Å². The molecule has 3 N–H and O–H groups in total. The minimum Gasteiger partial charge on any atom is -0.332 e. The van der Waals surface area contributed by atoms with E-state index in [9.17, 15) is 17.6 Å². The molecule has 0 bridgehead atoms. The van der Waals surface area contributed by atoms with E-state index < -0.39 is 15.9 Å². The molecule has 0 aliphatic carbocycles. The number of hydrogen-bond donors (Lipinski definition) is 3. The molecule has 6 nitrogen and oxygen atoms in total. The van der Waals surface area contributed by atoms with Crippen LogP contribution in [0, 0.1) is 5.82 Å². The summed E-state index contributed by atoms with van der Waals surface area (Å²) >= 11 is 5.06. The van der Waals surface area contributed by atoms with Gasteiger partial charge < -0.3 is 5.32 Å². The Morgan fingerprint density at radius 3 is 2.36 bits per heavy atom. The van der Waals surface area contributed by atoms with Gasteiger partial charge in [0.2, 0.25) is 15.9 Å². The third kappa shape index (κ3) is 6.69. The number of amides is 1. The molecule has 0 atom stereocenters. The Balaban J connectivity index is 1.91. The van der Waals surface area contributed by atoms with Crippen LogP contribution in [0.5, 0.6) is 0 Å². The number of thiocarbonyl (C=S) groups is 1. The Hall–Kier alpha value is -2.88. The van der Waals surface area contributed by atoms with Gasteiger partial charge in [-0.3, -0.25) is 10.1 Å². The van der Waals surface area contributed by atoms with Crippen molar-refractivity contribution in [3.05, 3.63) is 78.6 Å². The molecule has 0 saturated carbocycles. The number of hydrogen-bond acceptors (Lipinski definition) is 4. The molecule has 1 amide bonds. The Labute approximate surface area is 168 Å². The lowest BCUT2D eigenvalue weighted by molar-refractivity contribution is -0.115. The lowest BCUT2D eigenvalue weighted by Crippen LogP contribution is -2.32. The maximum atomic E-state index is 12.8. The van der Waals surface area contributed by atoms with Crippen LogP contribution in [-0.2, 0) is 14.8 Å². The Morgan fingerprint density at radius 1 is 1.11 bits per heavy atom. The third-order valence-corrected chi connectivity index (χ3v) is 5.02. The van der Waals surface area contributed by atoms with Gasteiger partial charge in [-0.2, -0.15) is 0 Å². The first-order valence-electron chi connectivity index (χ1n) is 8.06. The lowest BCUT2D eigenvalue weighted by atomic mass is 10.2. The monoisotopic (exact) mass is 419 g/mol. The molecule has 2 aromatic carbocycles. The molecule has 0 saturated heterocycles. The predicted molar refractivity (Wildman–Crippen MR) is 112 cm³/mol. The summed E-state index contributed by atoms with van der Waals surface area (Å²) in [6.07, 6.45) is 4.23. The minimum atomic E-state index is -3.61. The first-order valence-corrected chi connectivity index (χ1v) is 9.95. The van der Waals surface area contributed by atoms with Crippen molar-refractivity contribution in [3.8, 4) is 0 Å². The SMILES string of the molecule is C=CCNS(=O)(=O)c1ccc(NC(=S)NC(=O)C=Cc2ccc(F)cc2)cc1. The normalized spacial score (nSPS) is 11.2. The fourth-order valence-electron chi connectivity index (χ4n) is 2.03. The van der Waals surface area contributed by atoms with Gasteiger partial charge in [0.1, 0.15) is 5.82 Å². The number of halogens is 1. The van der Waals surface area contributed by atoms with E-state index in [0.717, 1.165) is 0 Å². The zero-order valence-electron chi connectivity index (χ0n) is 14.7. The van der Waals surface area contributed by atoms with Crippen LogP contribution in [-0.4, -0.2) is 26.0 Å². The number of rotatable bonds is 7. The van der Waals surface area contributed by atoms with Crippen LogP contribution in [0.25, 0.3) is 6.08 Å². The van der Waals surface area contributed by atoms with Gasteiger partial charge in [-0.1, -0.05) is 18.2 Å². The smallest absolute Gasteiger partial charge is 0.250 e. The van der Waals surface area contributed by atoms with Gasteiger partial charge in [0.15, 0.2) is 5.11 Å². The van der Waals surface area contributed by atoms with Gasteiger partial charge in [0.25, 0.3) is 0 Å². The molecule has 0 aromatic heterocycles. The van der Waals surface area contributed by atoms with Crippen molar-refractivity contribution < 1.29 is 17.6 Å². The van der Waals surface area contributed by atoms with Gasteiger partial charge in [0, 0.05) is 18.3 Å². The predicted octanol–water partition coefficient (Wildman–Crippen LogP) is 2.82. The molecule has 0 unspecified atom stereocenters. The van der Waals surface area contributed by atoms with Crippen molar-refractivity contribution in [2.24, 2.45) is 0 Å². The molecular weight excluding hydrogens is 401 g/mol. The standard InChI is InChI=1S/C19H18FN3O3S2/c1-2-13-21-28(25,26)17-10-8-16(9-11-17)22-19(27)23-18(24)12-5-14-3-6-15(20)7-4-14/h2-12,21H,1,13H2,(H2,22,23,24,27). The number of benzene rings is 2. The average molecular weight is 420 g/mol. The lowest BCUT2D eigenvalue weighted by Gasteiger charge is -2.09. The van der Waals surface area contributed by atoms with E-state index in [2.05, 4.69) is 21.9 Å². The summed E-state index contributed by atoms with van der Waals surface area (Å²) in [5, 5.41) is 5.30. The van der Waals surface area contributed by atoms with Crippen LogP contribution in [0.15, 0.2) is 72.2 Å². The average Bonchev–Trinajstić information content (AvgIpc) is 2.66. The summed E-state index contributed by atoms with van der Waals surface area (Å²) in [4.78, 5) is 12.0. The van der Waals surface area contributed by atoms with Crippen molar-refractivity contribution in [1.82, 2.24) is 10.0 Å². The molecule has 0 aliphatic heterocycles. The fraction of sp³-hybridized carbons (Fsp3) is 0.0526. The van der Waals surface area contributed by atoms with Gasteiger partial charge in [0.05, 0.1) is 4.90 Å². The van der Waals surface area contributed by atoms with Gasteiger partial charge >= 0.3 is 0 Å². The Kier molecular flexibility index (Phi) is 7.56. The van der Waals surface area contributed by atoms with Crippen LogP contribution in [0.1, 0.15) is 5.56 Å². The number of nitrogens with one attached hydrogen (secondary N) is 3. The molecule has 0 radical (unpaired) electrons. The summed E-state index contributed by atoms with van der Waals surface area (Å²) in [5.74, 6) is -0.822. The maximum absolute atomic E-state index is 12.8. The molecule has 0 heterocycles. The Morgan fingerprint density at radius 2 is 1.75 bits per heavy atom. The third-order valence-electron chi connectivity index (χ3n) is 3.37. The van der Waals surface area contributed by atoms with Crippen LogP contribution >= 0.6 is 12.2 Å². The molecule has 9 heteroatoms. The Bertz CT molecular complexity index is 986. The second kappa shape index (κ2) is 9.88. The van der Waals surface area contributed by atoms with Crippen LogP contribution in [0.2, 0.25) is 0 Å². The van der Waals surface area contributed by atoms with E-state index in [0.29, 0.717) is 11.3 Å². The summed E-state index contributed by atoms with van der Waals surface area (Å²) in [6, 6.07) is 11.5. The zero-order chi connectivity index (χ0) is 20.6. The second-order valence-corrected chi connectivity index (χ2v) is 7.67. The number of sulfonamides is 1. The summed E-state index contributed by atoms with van der Waals surface area (Å²) in [7, 11) is -3.61. The van der Waals surface area contributed by atoms with E-state index in [1.54, 1.807) is 0 Å². The second-order valence-electron chi connectivity index (χ2n) is 5.49. The summed E-state index contributed by atoms with van der Waals surface area (Å²) < 4.78 is 39.2. The van der Waals surface area contributed by atoms with E-state index >= 15 is 0 Å². The van der Waals surface area contributed by atoms with Crippen LogP contribution in [0.3, 0.4) is 0 Å². The topological polar surface area (TPSA) is 87.3 Å². The maximum Gasteiger partial charge on any atom is 0.250 e. The van der Waals surface area contributed by atoms with Crippen molar-refractivity contribution in [2.75, 3.05) is 11.9 Å². The number of carbonyl (C=O) groups excluding carboxylic acids is 1. The van der Waals surface area contributed by atoms with Crippen molar-refractivity contribution in [3.63, 3.8) is 0 Å². The van der Waals surface area contributed by atoms with Gasteiger partial charge in [-0.05, 0) is 60.3 Å².